The van der Waals surface area contributed by atoms with Crippen LogP contribution < -0.4 is 10.6 Å². The molecule has 6 unspecified atom stereocenters. The van der Waals surface area contributed by atoms with Crippen LogP contribution in [0, 0.1) is 5.92 Å². The molecule has 73 heavy (non-hydrogen) atoms. The van der Waals surface area contributed by atoms with Crippen LogP contribution in [0.3, 0.4) is 0 Å². The number of likely N-dealkylation sites (N-methyl/N-ethyl adjacent to an activating group) is 1. The summed E-state index contributed by atoms with van der Waals surface area (Å²) in [6.45, 7) is 2.09. The second-order valence-electron chi connectivity index (χ2n) is 16.0. The van der Waals surface area contributed by atoms with Crippen LogP contribution in [0.15, 0.2) is 12.4 Å². The van der Waals surface area contributed by atoms with E-state index in [1.807, 2.05) is 6.26 Å². The molecule has 0 saturated carbocycles. The van der Waals surface area contributed by atoms with Crippen molar-refractivity contribution in [2.75, 3.05) is 58.7 Å². The van der Waals surface area contributed by atoms with E-state index in [1.165, 1.54) is 9.36 Å². The van der Waals surface area contributed by atoms with Gasteiger partial charge < -0.3 is 79.9 Å². The van der Waals surface area contributed by atoms with Gasteiger partial charge in [-0.3, -0.25) is 14.4 Å². The number of aliphatic hydroxyl groups excluding tert-OH is 6. The lowest BCUT2D eigenvalue weighted by atomic mass is 9.96. The summed E-state index contributed by atoms with van der Waals surface area (Å²) in [4.78, 5) is 95.3. The predicted octanol–water partition coefficient (Wildman–Crippen LogP) is -6.28. The molecule has 13 atom stereocenters. The first kappa shape index (κ1) is 63.7. The van der Waals surface area contributed by atoms with Gasteiger partial charge in [-0.15, -0.1) is 10.2 Å². The standard InChI is InChI=1S/C39H62N8O19S.2CO2/c1-20(15-26(49)23(40-2)16-21-18-46(44-42-21)6-8-61-10-12-63-38-31(54)27(50)29(52)33(65-38)36(57)58)35(56)41-24(25(48)5-4-14-67-3)17-22-19-47(45-43-22)7-9-62-11-13-64-39-32(55)28(51)30(53)34(66-39)37(59)60;2*2-1-3/h18-20,23-24,27-34,38-40,50-55H,4-17H2,1-3H3,(H,41,56)(H,57,58)(H,59,60);;/t20-,23+,24+,27+,28+,29?,30?,31+,32+,33?,34?,38?,39?;;/m1../s1. The zero-order chi connectivity index (χ0) is 54.6. The molecule has 2 aromatic rings. The summed E-state index contributed by atoms with van der Waals surface area (Å²) in [5.41, 5.74) is 0.907. The van der Waals surface area contributed by atoms with Crippen LogP contribution in [-0.2, 0) is 97.5 Å². The fraction of sp³-hybridized carbons (Fsp3) is 0.732. The van der Waals surface area contributed by atoms with E-state index in [4.69, 9.17) is 52.7 Å². The number of carboxylic acids is 2. The second-order valence-corrected chi connectivity index (χ2v) is 17.0. The van der Waals surface area contributed by atoms with Crippen LogP contribution >= 0.6 is 11.8 Å². The number of nitrogens with zero attached hydrogens (tertiary/aromatic N) is 6. The third kappa shape index (κ3) is 21.5. The van der Waals surface area contributed by atoms with Crippen LogP contribution in [0.25, 0.3) is 0 Å². The van der Waals surface area contributed by atoms with Gasteiger partial charge in [0.2, 0.25) is 5.91 Å². The maximum atomic E-state index is 13.5. The number of aromatic nitrogens is 6. The maximum absolute atomic E-state index is 13.5. The van der Waals surface area contributed by atoms with Crippen LogP contribution in [0.5, 0.6) is 0 Å². The van der Waals surface area contributed by atoms with Crippen molar-refractivity contribution in [1.29, 1.82) is 0 Å². The van der Waals surface area contributed by atoms with E-state index >= 15 is 0 Å². The lowest BCUT2D eigenvalue weighted by Gasteiger charge is -2.38. The Labute approximate surface area is 419 Å². The first-order chi connectivity index (χ1) is 34.8. The number of ether oxygens (including phenoxy) is 6. The van der Waals surface area contributed by atoms with Crippen LogP contribution in [-0.4, -0.2) is 245 Å². The van der Waals surface area contributed by atoms with E-state index in [9.17, 15) is 59.7 Å². The number of ketones is 2. The van der Waals surface area contributed by atoms with Gasteiger partial charge in [-0.1, -0.05) is 17.4 Å². The molecular formula is C41H62N8O23S. The number of rotatable bonds is 31. The topological polar surface area (TPSA) is 456 Å². The van der Waals surface area contributed by atoms with Gasteiger partial charge in [-0.2, -0.15) is 30.9 Å². The summed E-state index contributed by atoms with van der Waals surface area (Å²) in [5.74, 6) is -4.08. The molecule has 2 saturated heterocycles. The summed E-state index contributed by atoms with van der Waals surface area (Å²) < 4.78 is 34.7. The fourth-order valence-electron chi connectivity index (χ4n) is 6.89. The molecule has 410 valence electrons. The van der Waals surface area contributed by atoms with Crippen molar-refractivity contribution in [3.8, 4) is 0 Å². The number of Topliss-reactive ketones (excluding diaryl/α,β-unsaturated/α-hetero) is 2. The maximum Gasteiger partial charge on any atom is 0.373 e. The molecular weight excluding hydrogens is 1000 g/mol. The Bertz CT molecular complexity index is 2060. The SMILES string of the molecule is CN[C@@H](Cc1cn(CCOCCOC2OC(C(=O)O)C(O)[C@H](O)[C@@H]2O)nn1)C(=O)C[C@@H](C)C(=O)N[C@@H](Cc1cn(CCOCCOC2OC(C(=O)O)C(O)[C@H](O)[C@@H]2O)nn1)C(=O)CCCSC.O=C=O.O=C=O. The fourth-order valence-corrected chi connectivity index (χ4v) is 7.32. The van der Waals surface area contributed by atoms with Crippen molar-refractivity contribution in [3.05, 3.63) is 23.8 Å². The predicted molar refractivity (Wildman–Crippen MR) is 236 cm³/mol. The van der Waals surface area contributed by atoms with Gasteiger partial charge in [0.15, 0.2) is 36.4 Å². The minimum absolute atomic E-state index is 0.00643. The molecule has 4 rings (SSSR count). The molecule has 32 heteroatoms. The van der Waals surface area contributed by atoms with Gasteiger partial charge >= 0.3 is 24.2 Å². The van der Waals surface area contributed by atoms with Gasteiger partial charge in [-0.25, -0.2) is 19.0 Å². The van der Waals surface area contributed by atoms with Gasteiger partial charge in [0.25, 0.3) is 0 Å². The van der Waals surface area contributed by atoms with Crippen molar-refractivity contribution in [2.45, 2.75) is 126 Å². The Morgan fingerprint density at radius 2 is 1.12 bits per heavy atom. The van der Waals surface area contributed by atoms with E-state index in [-0.39, 0.29) is 102 Å². The van der Waals surface area contributed by atoms with E-state index in [0.717, 1.165) is 5.75 Å². The zero-order valence-electron chi connectivity index (χ0n) is 39.9. The number of aliphatic carboxylic acids is 2. The van der Waals surface area contributed by atoms with Crippen molar-refractivity contribution < 1.29 is 112 Å². The van der Waals surface area contributed by atoms with Gasteiger partial charge in [0, 0.05) is 44.0 Å². The highest BCUT2D eigenvalue weighted by Gasteiger charge is 2.48. The van der Waals surface area contributed by atoms with E-state index in [2.05, 4.69) is 31.3 Å². The van der Waals surface area contributed by atoms with Crippen molar-refractivity contribution in [3.63, 3.8) is 0 Å². The Balaban J connectivity index is 0.00000289. The largest absolute Gasteiger partial charge is 0.479 e. The molecule has 2 aliphatic heterocycles. The second kappa shape index (κ2) is 34.2. The average Bonchev–Trinajstić information content (AvgIpc) is 4.01. The van der Waals surface area contributed by atoms with Gasteiger partial charge in [0.05, 0.1) is 76.2 Å². The summed E-state index contributed by atoms with van der Waals surface area (Å²) >= 11 is 1.59. The number of aliphatic hydroxyl groups is 6. The molecule has 0 aliphatic carbocycles. The number of amides is 1. The summed E-state index contributed by atoms with van der Waals surface area (Å²) in [6, 6.07) is -1.65. The average molecular weight is 1070 g/mol. The lowest BCUT2D eigenvalue weighted by molar-refractivity contribution is -0.295. The monoisotopic (exact) mass is 1070 g/mol. The molecule has 0 bridgehead atoms. The molecule has 2 fully saturated rings. The highest BCUT2D eigenvalue weighted by atomic mass is 32.2. The zero-order valence-corrected chi connectivity index (χ0v) is 40.7. The van der Waals surface area contributed by atoms with E-state index < -0.39 is 97.3 Å². The minimum atomic E-state index is -1.84. The number of thioether (sulfide) groups is 1. The number of carbonyl (C=O) groups excluding carboxylic acids is 7. The molecule has 0 spiro atoms. The Hall–Kier alpha value is -5.38. The van der Waals surface area contributed by atoms with Gasteiger partial charge in [0.1, 0.15) is 36.6 Å². The number of nitrogens with one attached hydrogen (secondary N) is 2. The molecule has 4 heterocycles. The Morgan fingerprint density at radius 1 is 0.685 bits per heavy atom. The van der Waals surface area contributed by atoms with Crippen molar-refractivity contribution in [1.82, 2.24) is 40.6 Å². The third-order valence-corrected chi connectivity index (χ3v) is 11.4. The van der Waals surface area contributed by atoms with Crippen molar-refractivity contribution in [2.24, 2.45) is 5.92 Å². The quantitative estimate of drug-likeness (QED) is 0.0314. The summed E-state index contributed by atoms with van der Waals surface area (Å²) in [5, 5.41) is 100. The third-order valence-electron chi connectivity index (χ3n) is 10.7. The highest BCUT2D eigenvalue weighted by molar-refractivity contribution is 7.98. The number of hydrogen-bond donors (Lipinski definition) is 10. The molecule has 1 amide bonds. The Morgan fingerprint density at radius 3 is 1.53 bits per heavy atom. The van der Waals surface area contributed by atoms with Crippen LogP contribution in [0.1, 0.15) is 37.6 Å². The molecule has 31 nitrogen and oxygen atoms in total. The molecule has 0 aromatic carbocycles. The van der Waals surface area contributed by atoms with Crippen LogP contribution in [0.4, 0.5) is 0 Å². The summed E-state index contributed by atoms with van der Waals surface area (Å²) in [6.07, 6.45) is -10.7. The first-order valence-corrected chi connectivity index (χ1v) is 23.7. The van der Waals surface area contributed by atoms with E-state index in [1.54, 1.807) is 38.1 Å². The van der Waals surface area contributed by atoms with Crippen LogP contribution in [0.2, 0.25) is 0 Å². The number of hydrogen-bond acceptors (Lipinski definition) is 27. The Kier molecular flexibility index (Phi) is 29.8. The first-order valence-electron chi connectivity index (χ1n) is 22.3. The molecule has 2 aliphatic rings. The van der Waals surface area contributed by atoms with Crippen molar-refractivity contribution >= 4 is 53.5 Å². The lowest BCUT2D eigenvalue weighted by Crippen LogP contribution is -2.60. The van der Waals surface area contributed by atoms with E-state index in [0.29, 0.717) is 17.8 Å². The molecule has 0 radical (unpaired) electrons. The smallest absolute Gasteiger partial charge is 0.373 e. The summed E-state index contributed by atoms with van der Waals surface area (Å²) in [7, 11) is 1.60. The molecule has 10 N–H and O–H groups in total. The number of carboxylic acid groups (broad SMARTS) is 2. The normalized spacial score (nSPS) is 24.7. The van der Waals surface area contributed by atoms with Gasteiger partial charge in [-0.05, 0) is 25.5 Å². The number of carbonyl (C=O) groups is 5. The highest BCUT2D eigenvalue weighted by Crippen LogP contribution is 2.24. The molecule has 2 aromatic heterocycles. The minimum Gasteiger partial charge on any atom is -0.479 e.